The smallest absolute Gasteiger partial charge is 0.269 e. The maximum Gasteiger partial charge on any atom is 0.269 e. The van der Waals surface area contributed by atoms with Crippen LogP contribution in [0.5, 0.6) is 0 Å². The predicted molar refractivity (Wildman–Crippen MR) is 68.6 cm³/mol. The van der Waals surface area contributed by atoms with Crippen LogP contribution in [0.3, 0.4) is 0 Å². The molecule has 1 N–H and O–H groups in total. The first-order chi connectivity index (χ1) is 8.65. The number of rotatable bonds is 5. The van der Waals surface area contributed by atoms with E-state index in [4.69, 9.17) is 0 Å². The van der Waals surface area contributed by atoms with Crippen molar-refractivity contribution in [2.45, 2.75) is 13.5 Å². The van der Waals surface area contributed by atoms with Crippen LogP contribution in [-0.2, 0) is 6.54 Å². The van der Waals surface area contributed by atoms with Gasteiger partial charge in [0.25, 0.3) is 5.69 Å². The van der Waals surface area contributed by atoms with Crippen LogP contribution in [-0.4, -0.2) is 21.2 Å². The Hall–Kier alpha value is -2.37. The summed E-state index contributed by atoms with van der Waals surface area (Å²) in [6, 6.07) is 6.37. The van der Waals surface area contributed by atoms with Gasteiger partial charge in [-0.15, -0.1) is 0 Å². The van der Waals surface area contributed by atoms with Crippen molar-refractivity contribution in [3.8, 4) is 0 Å². The summed E-state index contributed by atoms with van der Waals surface area (Å²) in [5.74, 6) is 0. The molecule has 1 aromatic carbocycles. The number of non-ortho nitro benzene ring substituents is 1. The van der Waals surface area contributed by atoms with Gasteiger partial charge in [-0.3, -0.25) is 14.8 Å². The number of aromatic nitrogens is 2. The van der Waals surface area contributed by atoms with Crippen molar-refractivity contribution in [3.63, 3.8) is 0 Å². The van der Waals surface area contributed by atoms with Gasteiger partial charge in [0, 0.05) is 30.6 Å². The van der Waals surface area contributed by atoms with Crippen LogP contribution in [0.15, 0.2) is 36.7 Å². The molecule has 0 amide bonds. The van der Waals surface area contributed by atoms with Crippen molar-refractivity contribution < 1.29 is 4.92 Å². The van der Waals surface area contributed by atoms with Gasteiger partial charge < -0.3 is 5.32 Å². The minimum Gasteiger partial charge on any atom is -0.383 e. The molecule has 6 nitrogen and oxygen atoms in total. The third kappa shape index (κ3) is 3.07. The summed E-state index contributed by atoms with van der Waals surface area (Å²) in [5.41, 5.74) is 2.10. The highest BCUT2D eigenvalue weighted by Crippen LogP contribution is 2.14. The molecule has 0 atom stereocenters. The van der Waals surface area contributed by atoms with Crippen LogP contribution < -0.4 is 5.32 Å². The molecule has 0 saturated heterocycles. The summed E-state index contributed by atoms with van der Waals surface area (Å²) in [6.07, 6.45) is 3.78. The van der Waals surface area contributed by atoms with Gasteiger partial charge in [-0.25, -0.2) is 0 Å². The van der Waals surface area contributed by atoms with Crippen molar-refractivity contribution in [1.82, 2.24) is 9.78 Å². The lowest BCUT2D eigenvalue weighted by molar-refractivity contribution is -0.384. The lowest BCUT2D eigenvalue weighted by Gasteiger charge is -2.06. The zero-order chi connectivity index (χ0) is 13.0. The summed E-state index contributed by atoms with van der Waals surface area (Å²) in [4.78, 5) is 10.1. The topological polar surface area (TPSA) is 73.0 Å². The Morgan fingerprint density at radius 1 is 1.39 bits per heavy atom. The normalized spacial score (nSPS) is 10.3. The second kappa shape index (κ2) is 5.31. The van der Waals surface area contributed by atoms with Crippen LogP contribution in [0, 0.1) is 17.0 Å². The van der Waals surface area contributed by atoms with Crippen molar-refractivity contribution in [1.29, 1.82) is 0 Å². The van der Waals surface area contributed by atoms with E-state index < -0.39 is 4.92 Å². The number of anilines is 1. The fourth-order valence-electron chi connectivity index (χ4n) is 1.61. The van der Waals surface area contributed by atoms with Gasteiger partial charge in [-0.1, -0.05) is 0 Å². The summed E-state index contributed by atoms with van der Waals surface area (Å²) in [6.45, 7) is 3.47. The van der Waals surface area contributed by atoms with Gasteiger partial charge in [-0.05, 0) is 24.6 Å². The maximum atomic E-state index is 10.5. The van der Waals surface area contributed by atoms with E-state index in [0.29, 0.717) is 0 Å². The molecule has 1 heterocycles. The Labute approximate surface area is 104 Å². The van der Waals surface area contributed by atoms with E-state index in [9.17, 15) is 10.1 Å². The molecule has 2 aromatic rings. The molecule has 0 spiro atoms. The molecule has 0 saturated carbocycles. The minimum atomic E-state index is -0.406. The number of hydrogen-bond acceptors (Lipinski definition) is 4. The molecule has 94 valence electrons. The predicted octanol–water partition coefficient (Wildman–Crippen LogP) is 2.21. The van der Waals surface area contributed by atoms with E-state index in [1.165, 1.54) is 12.1 Å². The van der Waals surface area contributed by atoms with Gasteiger partial charge in [0.1, 0.15) is 0 Å². The molecule has 0 fully saturated rings. The third-order valence-corrected chi connectivity index (χ3v) is 2.51. The van der Waals surface area contributed by atoms with Crippen LogP contribution in [0.2, 0.25) is 0 Å². The molecule has 6 heteroatoms. The molecular weight excluding hydrogens is 232 g/mol. The van der Waals surface area contributed by atoms with E-state index in [1.807, 2.05) is 24.0 Å². The lowest BCUT2D eigenvalue weighted by atomic mass is 10.3. The monoisotopic (exact) mass is 246 g/mol. The Morgan fingerprint density at radius 3 is 2.67 bits per heavy atom. The van der Waals surface area contributed by atoms with Gasteiger partial charge in [0.05, 0.1) is 17.7 Å². The van der Waals surface area contributed by atoms with Gasteiger partial charge in [0.15, 0.2) is 0 Å². The van der Waals surface area contributed by atoms with Crippen molar-refractivity contribution in [2.24, 2.45) is 0 Å². The number of nitrogens with one attached hydrogen (secondary N) is 1. The first-order valence-corrected chi connectivity index (χ1v) is 5.62. The second-order valence-corrected chi connectivity index (χ2v) is 4.01. The van der Waals surface area contributed by atoms with Gasteiger partial charge >= 0.3 is 0 Å². The maximum absolute atomic E-state index is 10.5. The van der Waals surface area contributed by atoms with Crippen molar-refractivity contribution in [2.75, 3.05) is 11.9 Å². The number of benzene rings is 1. The highest BCUT2D eigenvalue weighted by Gasteiger charge is 2.03. The SMILES string of the molecule is Cc1cnn(CCNc2ccc([N+](=O)[O-])cc2)c1. The number of aryl methyl sites for hydroxylation is 1. The molecule has 0 radical (unpaired) electrons. The van der Waals surface area contributed by atoms with Crippen molar-refractivity contribution >= 4 is 11.4 Å². The first-order valence-electron chi connectivity index (χ1n) is 5.62. The average Bonchev–Trinajstić information content (AvgIpc) is 2.76. The van der Waals surface area contributed by atoms with Crippen LogP contribution >= 0.6 is 0 Å². The Bertz CT molecular complexity index is 533. The highest BCUT2D eigenvalue weighted by molar-refractivity contribution is 5.48. The molecular formula is C12H14N4O2. The van der Waals surface area contributed by atoms with Gasteiger partial charge in [-0.2, -0.15) is 5.10 Å². The standard InChI is InChI=1S/C12H14N4O2/c1-10-8-14-15(9-10)7-6-13-11-2-4-12(5-3-11)16(17)18/h2-5,8-9,13H,6-7H2,1H3. The molecule has 0 aliphatic heterocycles. The summed E-state index contributed by atoms with van der Waals surface area (Å²) in [7, 11) is 0. The van der Waals surface area contributed by atoms with Crippen LogP contribution in [0.1, 0.15) is 5.56 Å². The number of hydrogen-bond donors (Lipinski definition) is 1. The van der Waals surface area contributed by atoms with E-state index in [2.05, 4.69) is 10.4 Å². The largest absolute Gasteiger partial charge is 0.383 e. The van der Waals surface area contributed by atoms with E-state index in [1.54, 1.807) is 12.1 Å². The fourth-order valence-corrected chi connectivity index (χ4v) is 1.61. The molecule has 18 heavy (non-hydrogen) atoms. The van der Waals surface area contributed by atoms with E-state index in [0.717, 1.165) is 24.3 Å². The van der Waals surface area contributed by atoms with Gasteiger partial charge in [0.2, 0.25) is 0 Å². The quantitative estimate of drug-likeness (QED) is 0.648. The zero-order valence-corrected chi connectivity index (χ0v) is 10.0. The number of nitrogens with zero attached hydrogens (tertiary/aromatic N) is 3. The number of nitro groups is 1. The average molecular weight is 246 g/mol. The molecule has 0 aliphatic carbocycles. The second-order valence-electron chi connectivity index (χ2n) is 4.01. The van der Waals surface area contributed by atoms with E-state index >= 15 is 0 Å². The molecule has 0 unspecified atom stereocenters. The molecule has 1 aromatic heterocycles. The Kier molecular flexibility index (Phi) is 3.57. The van der Waals surface area contributed by atoms with Crippen molar-refractivity contribution in [3.05, 3.63) is 52.3 Å². The summed E-state index contributed by atoms with van der Waals surface area (Å²) in [5, 5.41) is 17.8. The van der Waals surface area contributed by atoms with Crippen LogP contribution in [0.25, 0.3) is 0 Å². The zero-order valence-electron chi connectivity index (χ0n) is 10.0. The van der Waals surface area contributed by atoms with Crippen LogP contribution in [0.4, 0.5) is 11.4 Å². The van der Waals surface area contributed by atoms with E-state index in [-0.39, 0.29) is 5.69 Å². The Morgan fingerprint density at radius 2 is 2.11 bits per heavy atom. The first kappa shape index (κ1) is 12.1. The minimum absolute atomic E-state index is 0.100. The number of nitro benzene ring substituents is 1. The summed E-state index contributed by atoms with van der Waals surface area (Å²) < 4.78 is 1.85. The summed E-state index contributed by atoms with van der Waals surface area (Å²) >= 11 is 0. The molecule has 2 rings (SSSR count). The molecule has 0 bridgehead atoms. The Balaban J connectivity index is 1.85. The fraction of sp³-hybridized carbons (Fsp3) is 0.250. The lowest BCUT2D eigenvalue weighted by Crippen LogP contribution is -2.10. The molecule has 0 aliphatic rings. The highest BCUT2D eigenvalue weighted by atomic mass is 16.6. The third-order valence-electron chi connectivity index (χ3n) is 2.51.